The lowest BCUT2D eigenvalue weighted by Crippen LogP contribution is -2.16. The third kappa shape index (κ3) is 4.81. The maximum Gasteiger partial charge on any atom is 0.159 e. The standard InChI is InChI=1S/C53H37NO/c1-53(2)46-23-9-7-20-44(46)51-47(53)24-13-25-48(51)54(49-26-12-22-43-42-19-8-10-27-50(42)55-52(43)49)38-30-28-34(29-31-38)37-32-36-15-4-6-18-40(36)45(33-37)41-21-11-16-35-14-3-5-17-39(35)41/h3-33H,1-2H3. The van der Waals surface area contributed by atoms with Gasteiger partial charge in [0, 0.05) is 27.4 Å². The third-order valence-electron chi connectivity index (χ3n) is 11.9. The summed E-state index contributed by atoms with van der Waals surface area (Å²) in [6.45, 7) is 4.69. The molecule has 0 bridgehead atoms. The zero-order valence-corrected chi connectivity index (χ0v) is 30.8. The molecule has 11 rings (SSSR count). The van der Waals surface area contributed by atoms with Crippen LogP contribution in [0.2, 0.25) is 0 Å². The van der Waals surface area contributed by atoms with Crippen LogP contribution in [0.4, 0.5) is 17.1 Å². The first kappa shape index (κ1) is 31.6. The van der Waals surface area contributed by atoms with Crippen LogP contribution in [0.15, 0.2) is 192 Å². The summed E-state index contributed by atoms with van der Waals surface area (Å²) < 4.78 is 6.72. The Hall–Kier alpha value is -6.90. The van der Waals surface area contributed by atoms with Crippen LogP contribution in [-0.4, -0.2) is 0 Å². The van der Waals surface area contributed by atoms with Gasteiger partial charge in [-0.2, -0.15) is 0 Å². The molecule has 2 nitrogen and oxygen atoms in total. The second-order valence-corrected chi connectivity index (χ2v) is 15.3. The van der Waals surface area contributed by atoms with Crippen LogP contribution in [0.25, 0.3) is 76.9 Å². The van der Waals surface area contributed by atoms with Crippen LogP contribution < -0.4 is 4.90 Å². The molecule has 0 N–H and O–H groups in total. The highest BCUT2D eigenvalue weighted by molar-refractivity contribution is 6.11. The minimum atomic E-state index is -0.124. The van der Waals surface area contributed by atoms with Crippen molar-refractivity contribution in [3.63, 3.8) is 0 Å². The van der Waals surface area contributed by atoms with Crippen LogP contribution >= 0.6 is 0 Å². The molecule has 0 unspecified atom stereocenters. The number of para-hydroxylation sites is 2. The van der Waals surface area contributed by atoms with E-state index in [1.54, 1.807) is 0 Å². The first-order valence-electron chi connectivity index (χ1n) is 19.1. The molecule has 1 aromatic heterocycles. The van der Waals surface area contributed by atoms with Gasteiger partial charge < -0.3 is 9.32 Å². The quantitative estimate of drug-likeness (QED) is 0.177. The number of hydrogen-bond donors (Lipinski definition) is 0. The highest BCUT2D eigenvalue weighted by Crippen LogP contribution is 2.55. The van der Waals surface area contributed by atoms with Gasteiger partial charge in [0.2, 0.25) is 0 Å². The summed E-state index contributed by atoms with van der Waals surface area (Å²) in [5.41, 5.74) is 15.0. The van der Waals surface area contributed by atoms with Crippen molar-refractivity contribution >= 4 is 60.5 Å². The zero-order chi connectivity index (χ0) is 36.7. The first-order chi connectivity index (χ1) is 27.0. The van der Waals surface area contributed by atoms with Crippen molar-refractivity contribution in [3.05, 3.63) is 199 Å². The second kappa shape index (κ2) is 12.1. The van der Waals surface area contributed by atoms with E-state index in [9.17, 15) is 0 Å². The SMILES string of the molecule is CC1(C)c2ccccc2-c2c(N(c3ccc(-c4cc(-c5cccc6ccccc56)c5ccccc5c4)cc3)c3cccc4c3oc3ccccc34)cccc21. The lowest BCUT2D eigenvalue weighted by atomic mass is 9.82. The molecular weight excluding hydrogens is 667 g/mol. The topological polar surface area (TPSA) is 16.4 Å². The van der Waals surface area contributed by atoms with Gasteiger partial charge >= 0.3 is 0 Å². The molecule has 260 valence electrons. The van der Waals surface area contributed by atoms with Crippen molar-refractivity contribution in [3.8, 4) is 33.4 Å². The molecule has 0 atom stereocenters. The van der Waals surface area contributed by atoms with Gasteiger partial charge in [0.25, 0.3) is 0 Å². The maximum atomic E-state index is 6.72. The van der Waals surface area contributed by atoms with E-state index in [4.69, 9.17) is 4.42 Å². The van der Waals surface area contributed by atoms with Crippen molar-refractivity contribution in [1.29, 1.82) is 0 Å². The average molecular weight is 704 g/mol. The summed E-state index contributed by atoms with van der Waals surface area (Å²) in [5.74, 6) is 0. The van der Waals surface area contributed by atoms with Crippen molar-refractivity contribution in [2.75, 3.05) is 4.90 Å². The molecule has 0 saturated heterocycles. The minimum Gasteiger partial charge on any atom is -0.454 e. The number of anilines is 3. The van der Waals surface area contributed by atoms with Gasteiger partial charge in [-0.15, -0.1) is 0 Å². The van der Waals surface area contributed by atoms with Gasteiger partial charge in [0.15, 0.2) is 5.58 Å². The molecule has 10 aromatic rings. The summed E-state index contributed by atoms with van der Waals surface area (Å²) in [6, 6.07) is 68.4. The van der Waals surface area contributed by atoms with Gasteiger partial charge in [-0.3, -0.25) is 0 Å². The van der Waals surface area contributed by atoms with Crippen LogP contribution in [0.1, 0.15) is 25.0 Å². The van der Waals surface area contributed by atoms with E-state index in [1.165, 1.54) is 66.1 Å². The van der Waals surface area contributed by atoms with Crippen LogP contribution in [0, 0.1) is 0 Å². The third-order valence-corrected chi connectivity index (χ3v) is 11.9. The molecule has 1 aliphatic rings. The summed E-state index contributed by atoms with van der Waals surface area (Å²) in [5, 5.41) is 7.23. The van der Waals surface area contributed by atoms with E-state index >= 15 is 0 Å². The summed E-state index contributed by atoms with van der Waals surface area (Å²) in [4.78, 5) is 2.41. The Labute approximate surface area is 320 Å². The number of fused-ring (bicyclic) bond motifs is 8. The molecule has 0 amide bonds. The predicted octanol–water partition coefficient (Wildman–Crippen LogP) is 15.0. The Bertz CT molecular complexity index is 3120. The lowest BCUT2D eigenvalue weighted by Gasteiger charge is -2.29. The Morgan fingerprint density at radius 3 is 1.87 bits per heavy atom. The lowest BCUT2D eigenvalue weighted by molar-refractivity contribution is 0.660. The van der Waals surface area contributed by atoms with E-state index in [0.29, 0.717) is 0 Å². The summed E-state index contributed by atoms with van der Waals surface area (Å²) in [6.07, 6.45) is 0. The van der Waals surface area contributed by atoms with Crippen molar-refractivity contribution in [2.24, 2.45) is 0 Å². The Morgan fingerprint density at radius 1 is 0.418 bits per heavy atom. The van der Waals surface area contributed by atoms with Gasteiger partial charge in [-0.05, 0) is 103 Å². The molecule has 0 fully saturated rings. The highest BCUT2D eigenvalue weighted by Gasteiger charge is 2.38. The van der Waals surface area contributed by atoms with Crippen LogP contribution in [0.3, 0.4) is 0 Å². The molecule has 0 saturated carbocycles. The van der Waals surface area contributed by atoms with E-state index in [2.05, 4.69) is 201 Å². The molecule has 1 aliphatic carbocycles. The molecule has 9 aromatic carbocycles. The highest BCUT2D eigenvalue weighted by atomic mass is 16.3. The average Bonchev–Trinajstić information content (AvgIpc) is 3.73. The molecule has 0 aliphatic heterocycles. The minimum absolute atomic E-state index is 0.124. The monoisotopic (exact) mass is 703 g/mol. The van der Waals surface area contributed by atoms with Crippen molar-refractivity contribution in [2.45, 2.75) is 19.3 Å². The number of benzene rings is 9. The zero-order valence-electron chi connectivity index (χ0n) is 30.8. The van der Waals surface area contributed by atoms with E-state index in [-0.39, 0.29) is 5.41 Å². The first-order valence-corrected chi connectivity index (χ1v) is 19.1. The van der Waals surface area contributed by atoms with Gasteiger partial charge in [-0.25, -0.2) is 0 Å². The smallest absolute Gasteiger partial charge is 0.159 e. The van der Waals surface area contributed by atoms with Gasteiger partial charge in [0.05, 0.1) is 11.4 Å². The number of hydrogen-bond acceptors (Lipinski definition) is 2. The van der Waals surface area contributed by atoms with E-state index < -0.39 is 0 Å². The number of rotatable bonds is 5. The van der Waals surface area contributed by atoms with Crippen LogP contribution in [-0.2, 0) is 5.41 Å². The number of nitrogens with zero attached hydrogens (tertiary/aromatic N) is 1. The molecule has 55 heavy (non-hydrogen) atoms. The van der Waals surface area contributed by atoms with Crippen LogP contribution in [0.5, 0.6) is 0 Å². The summed E-state index contributed by atoms with van der Waals surface area (Å²) >= 11 is 0. The maximum absolute atomic E-state index is 6.72. The van der Waals surface area contributed by atoms with Crippen molar-refractivity contribution in [1.82, 2.24) is 0 Å². The second-order valence-electron chi connectivity index (χ2n) is 15.3. The largest absolute Gasteiger partial charge is 0.454 e. The number of furan rings is 1. The van der Waals surface area contributed by atoms with E-state index in [1.807, 2.05) is 6.07 Å². The fourth-order valence-corrected chi connectivity index (χ4v) is 9.20. The van der Waals surface area contributed by atoms with Crippen molar-refractivity contribution < 1.29 is 4.42 Å². The normalized spacial score (nSPS) is 13.1. The molecular formula is C53H37NO. The molecule has 0 radical (unpaired) electrons. The molecule has 1 heterocycles. The molecule has 2 heteroatoms. The Balaban J connectivity index is 1.12. The Morgan fingerprint density at radius 2 is 1.02 bits per heavy atom. The van der Waals surface area contributed by atoms with Gasteiger partial charge in [0.1, 0.15) is 5.58 Å². The Kier molecular flexibility index (Phi) is 6.93. The van der Waals surface area contributed by atoms with Gasteiger partial charge in [-0.1, -0.05) is 159 Å². The molecule has 0 spiro atoms. The summed E-state index contributed by atoms with van der Waals surface area (Å²) in [7, 11) is 0. The van der Waals surface area contributed by atoms with E-state index in [0.717, 1.165) is 39.0 Å². The fraction of sp³-hybridized carbons (Fsp3) is 0.0566. The fourth-order valence-electron chi connectivity index (χ4n) is 9.20. The predicted molar refractivity (Wildman–Crippen MR) is 232 cm³/mol.